The summed E-state index contributed by atoms with van der Waals surface area (Å²) in [5, 5.41) is 4.36. The molecule has 5 heteroatoms. The number of nitrogens with two attached hydrogens (primary N) is 1. The van der Waals surface area contributed by atoms with Gasteiger partial charge in [0, 0.05) is 17.8 Å². The maximum Gasteiger partial charge on any atom is 0.133 e. The SMILES string of the molecule is Cc1ccnc(N)c1-c1c(Br)cnn1C(C)C. The molecule has 4 nitrogen and oxygen atoms in total. The zero-order chi connectivity index (χ0) is 12.6. The molecular weight excluding hydrogens is 280 g/mol. The number of nitrogen functional groups attached to an aromatic ring is 1. The Balaban J connectivity index is 2.72. The van der Waals surface area contributed by atoms with Crippen molar-refractivity contribution in [2.45, 2.75) is 26.8 Å². The Morgan fingerprint density at radius 2 is 2.12 bits per heavy atom. The van der Waals surface area contributed by atoms with Gasteiger partial charge in [-0.3, -0.25) is 4.68 Å². The Kier molecular flexibility index (Phi) is 3.19. The van der Waals surface area contributed by atoms with Crippen LogP contribution in [0.3, 0.4) is 0 Å². The second kappa shape index (κ2) is 4.49. The molecule has 0 atom stereocenters. The zero-order valence-electron chi connectivity index (χ0n) is 10.1. The number of aromatic nitrogens is 3. The van der Waals surface area contributed by atoms with Gasteiger partial charge in [0.05, 0.1) is 16.4 Å². The third-order valence-electron chi connectivity index (χ3n) is 2.67. The van der Waals surface area contributed by atoms with E-state index in [1.807, 2.05) is 17.7 Å². The Labute approximate surface area is 109 Å². The summed E-state index contributed by atoms with van der Waals surface area (Å²) in [5.41, 5.74) is 9.01. The molecule has 0 bridgehead atoms. The van der Waals surface area contributed by atoms with Crippen LogP contribution in [-0.4, -0.2) is 14.8 Å². The van der Waals surface area contributed by atoms with Gasteiger partial charge in [-0.15, -0.1) is 0 Å². The lowest BCUT2D eigenvalue weighted by Crippen LogP contribution is -2.07. The third kappa shape index (κ3) is 2.07. The van der Waals surface area contributed by atoms with E-state index in [4.69, 9.17) is 5.73 Å². The number of pyridine rings is 1. The molecule has 0 aliphatic heterocycles. The molecule has 0 saturated carbocycles. The fourth-order valence-electron chi connectivity index (χ4n) is 1.85. The topological polar surface area (TPSA) is 56.7 Å². The van der Waals surface area contributed by atoms with E-state index in [-0.39, 0.29) is 6.04 Å². The van der Waals surface area contributed by atoms with Gasteiger partial charge in [0.25, 0.3) is 0 Å². The van der Waals surface area contributed by atoms with Crippen LogP contribution in [0.1, 0.15) is 25.5 Å². The second-order valence-electron chi connectivity index (χ2n) is 4.27. The van der Waals surface area contributed by atoms with Crippen LogP contribution in [0.25, 0.3) is 11.3 Å². The molecule has 0 aliphatic rings. The zero-order valence-corrected chi connectivity index (χ0v) is 11.7. The number of rotatable bonds is 2. The van der Waals surface area contributed by atoms with Crippen LogP contribution in [0.4, 0.5) is 5.82 Å². The summed E-state index contributed by atoms with van der Waals surface area (Å²) >= 11 is 3.52. The molecule has 0 amide bonds. The number of nitrogens with zero attached hydrogens (tertiary/aromatic N) is 3. The molecule has 0 aliphatic carbocycles. The van der Waals surface area contributed by atoms with Gasteiger partial charge in [0.15, 0.2) is 0 Å². The van der Waals surface area contributed by atoms with Gasteiger partial charge in [-0.1, -0.05) is 0 Å². The quantitative estimate of drug-likeness (QED) is 0.925. The Hall–Kier alpha value is -1.36. The van der Waals surface area contributed by atoms with E-state index >= 15 is 0 Å². The lowest BCUT2D eigenvalue weighted by atomic mass is 10.1. The number of hydrogen-bond acceptors (Lipinski definition) is 3. The van der Waals surface area contributed by atoms with Crippen LogP contribution in [0.5, 0.6) is 0 Å². The molecule has 0 saturated heterocycles. The van der Waals surface area contributed by atoms with Crippen LogP contribution >= 0.6 is 15.9 Å². The van der Waals surface area contributed by atoms with Crippen molar-refractivity contribution in [2.24, 2.45) is 0 Å². The highest BCUT2D eigenvalue weighted by atomic mass is 79.9. The third-order valence-corrected chi connectivity index (χ3v) is 3.25. The predicted octanol–water partition coefficient (Wildman–Crippen LogP) is 3.18. The van der Waals surface area contributed by atoms with E-state index in [0.717, 1.165) is 21.3 Å². The van der Waals surface area contributed by atoms with Gasteiger partial charge in [0.2, 0.25) is 0 Å². The van der Waals surface area contributed by atoms with Crippen molar-refractivity contribution in [3.63, 3.8) is 0 Å². The molecule has 0 unspecified atom stereocenters. The average molecular weight is 295 g/mol. The Morgan fingerprint density at radius 1 is 1.41 bits per heavy atom. The molecular formula is C12H15BrN4. The first kappa shape index (κ1) is 12.1. The molecule has 0 spiro atoms. The molecule has 0 radical (unpaired) electrons. The van der Waals surface area contributed by atoms with Crippen molar-refractivity contribution in [2.75, 3.05) is 5.73 Å². The van der Waals surface area contributed by atoms with E-state index in [9.17, 15) is 0 Å². The maximum absolute atomic E-state index is 5.98. The normalized spacial score (nSPS) is 11.1. The van der Waals surface area contributed by atoms with Gasteiger partial charge in [-0.2, -0.15) is 5.10 Å². The van der Waals surface area contributed by atoms with Gasteiger partial charge in [0.1, 0.15) is 5.82 Å². The highest BCUT2D eigenvalue weighted by Gasteiger charge is 2.18. The largest absolute Gasteiger partial charge is 0.383 e. The van der Waals surface area contributed by atoms with E-state index < -0.39 is 0 Å². The fourth-order valence-corrected chi connectivity index (χ4v) is 2.33. The second-order valence-corrected chi connectivity index (χ2v) is 5.12. The van der Waals surface area contributed by atoms with Crippen LogP contribution in [0.15, 0.2) is 22.9 Å². The lowest BCUT2D eigenvalue weighted by Gasteiger charge is -2.14. The molecule has 2 heterocycles. The molecule has 0 fully saturated rings. The molecule has 2 rings (SSSR count). The lowest BCUT2D eigenvalue weighted by molar-refractivity contribution is 0.538. The van der Waals surface area contributed by atoms with Crippen molar-refractivity contribution in [3.05, 3.63) is 28.5 Å². The Bertz CT molecular complexity index is 525. The number of aryl methyl sites for hydroxylation is 1. The summed E-state index contributed by atoms with van der Waals surface area (Å²) in [4.78, 5) is 4.15. The summed E-state index contributed by atoms with van der Waals surface area (Å²) in [7, 11) is 0. The van der Waals surface area contributed by atoms with Crippen LogP contribution in [-0.2, 0) is 0 Å². The number of anilines is 1. The first-order valence-corrected chi connectivity index (χ1v) is 6.26. The van der Waals surface area contributed by atoms with E-state index in [1.54, 1.807) is 12.4 Å². The first-order chi connectivity index (χ1) is 8.02. The molecule has 2 N–H and O–H groups in total. The minimum atomic E-state index is 0.273. The van der Waals surface area contributed by atoms with E-state index in [1.165, 1.54) is 0 Å². The number of halogens is 1. The van der Waals surface area contributed by atoms with Crippen molar-refractivity contribution < 1.29 is 0 Å². The van der Waals surface area contributed by atoms with Crippen molar-refractivity contribution in [3.8, 4) is 11.3 Å². The first-order valence-electron chi connectivity index (χ1n) is 5.46. The molecule has 17 heavy (non-hydrogen) atoms. The number of hydrogen-bond donors (Lipinski definition) is 1. The van der Waals surface area contributed by atoms with E-state index in [2.05, 4.69) is 39.9 Å². The minimum absolute atomic E-state index is 0.273. The van der Waals surface area contributed by atoms with Crippen molar-refractivity contribution >= 4 is 21.7 Å². The molecule has 2 aromatic heterocycles. The van der Waals surface area contributed by atoms with Gasteiger partial charge < -0.3 is 5.73 Å². The van der Waals surface area contributed by atoms with Gasteiger partial charge in [-0.05, 0) is 48.3 Å². The summed E-state index contributed by atoms with van der Waals surface area (Å²) in [5.74, 6) is 0.535. The van der Waals surface area contributed by atoms with Gasteiger partial charge >= 0.3 is 0 Å². The van der Waals surface area contributed by atoms with Crippen LogP contribution < -0.4 is 5.73 Å². The van der Waals surface area contributed by atoms with E-state index in [0.29, 0.717) is 5.82 Å². The predicted molar refractivity (Wildman–Crippen MR) is 72.7 cm³/mol. The smallest absolute Gasteiger partial charge is 0.133 e. The summed E-state index contributed by atoms with van der Waals surface area (Å²) in [6.45, 7) is 6.20. The molecule has 2 aromatic rings. The summed E-state index contributed by atoms with van der Waals surface area (Å²) in [6.07, 6.45) is 3.51. The van der Waals surface area contributed by atoms with Gasteiger partial charge in [-0.25, -0.2) is 4.98 Å². The van der Waals surface area contributed by atoms with Crippen molar-refractivity contribution in [1.82, 2.24) is 14.8 Å². The average Bonchev–Trinajstić information content (AvgIpc) is 2.61. The Morgan fingerprint density at radius 3 is 2.71 bits per heavy atom. The molecule has 90 valence electrons. The maximum atomic E-state index is 5.98. The minimum Gasteiger partial charge on any atom is -0.383 e. The highest BCUT2D eigenvalue weighted by Crippen LogP contribution is 2.35. The summed E-state index contributed by atoms with van der Waals surface area (Å²) in [6, 6.07) is 2.23. The van der Waals surface area contributed by atoms with Crippen molar-refractivity contribution in [1.29, 1.82) is 0 Å². The van der Waals surface area contributed by atoms with Crippen LogP contribution in [0.2, 0.25) is 0 Å². The molecule has 0 aromatic carbocycles. The van der Waals surface area contributed by atoms with Crippen LogP contribution in [0, 0.1) is 6.92 Å². The highest BCUT2D eigenvalue weighted by molar-refractivity contribution is 9.10. The fraction of sp³-hybridized carbons (Fsp3) is 0.333. The standard InChI is InChI=1S/C12H15BrN4/c1-7(2)17-11(9(13)6-16-17)10-8(3)4-5-15-12(10)14/h4-7H,1-3H3,(H2,14,15). The monoisotopic (exact) mass is 294 g/mol. The summed E-state index contributed by atoms with van der Waals surface area (Å²) < 4.78 is 2.89.